The second-order valence-electron chi connectivity index (χ2n) is 6.45. The molecular formula is C22H17Cl4FN2O6. The summed E-state index contributed by atoms with van der Waals surface area (Å²) in [4.78, 5) is 25.8. The second kappa shape index (κ2) is 12.6. The third kappa shape index (κ3) is 7.25. The van der Waals surface area contributed by atoms with E-state index in [2.05, 4.69) is 9.72 Å². The molecule has 3 aromatic rings. The van der Waals surface area contributed by atoms with Gasteiger partial charge in [-0.05, 0) is 36.4 Å². The van der Waals surface area contributed by atoms with Gasteiger partial charge in [-0.2, -0.15) is 0 Å². The van der Waals surface area contributed by atoms with Crippen LogP contribution in [0.5, 0.6) is 11.5 Å². The molecule has 0 aliphatic heterocycles. The van der Waals surface area contributed by atoms with Gasteiger partial charge in [0.2, 0.25) is 0 Å². The predicted octanol–water partition coefficient (Wildman–Crippen LogP) is 6.03. The summed E-state index contributed by atoms with van der Waals surface area (Å²) in [5.41, 5.74) is 5.78. The Balaban J connectivity index is 0.000000283. The zero-order valence-electron chi connectivity index (χ0n) is 18.1. The fourth-order valence-electron chi connectivity index (χ4n) is 2.57. The molecule has 0 aliphatic carbocycles. The molecule has 3 N–H and O–H groups in total. The van der Waals surface area contributed by atoms with Crippen molar-refractivity contribution in [1.82, 2.24) is 4.98 Å². The molecule has 186 valence electrons. The topological polar surface area (TPSA) is 121 Å². The van der Waals surface area contributed by atoms with Gasteiger partial charge in [0.25, 0.3) is 0 Å². The Morgan fingerprint density at radius 3 is 2.31 bits per heavy atom. The summed E-state index contributed by atoms with van der Waals surface area (Å²) in [6, 6.07) is 8.78. The minimum Gasteiger partial charge on any atom is -0.492 e. The number of nitrogens with two attached hydrogens (primary N) is 1. The number of anilines is 1. The number of carbonyl (C=O) groups excluding carboxylic acids is 1. The summed E-state index contributed by atoms with van der Waals surface area (Å²) >= 11 is 23.1. The third-order valence-corrected chi connectivity index (χ3v) is 5.36. The molecular weight excluding hydrogens is 549 g/mol. The van der Waals surface area contributed by atoms with Crippen LogP contribution in [0.4, 0.5) is 10.1 Å². The molecule has 35 heavy (non-hydrogen) atoms. The first-order valence-electron chi connectivity index (χ1n) is 9.36. The lowest BCUT2D eigenvalue weighted by Crippen LogP contribution is -2.09. The Labute approximate surface area is 219 Å². The van der Waals surface area contributed by atoms with Crippen LogP contribution >= 0.6 is 46.4 Å². The third-order valence-electron chi connectivity index (χ3n) is 4.14. The van der Waals surface area contributed by atoms with Gasteiger partial charge < -0.3 is 25.1 Å². The van der Waals surface area contributed by atoms with Crippen LogP contribution < -0.4 is 15.2 Å². The van der Waals surface area contributed by atoms with Crippen LogP contribution in [0.15, 0.2) is 36.4 Å². The van der Waals surface area contributed by atoms with Gasteiger partial charge in [-0.3, -0.25) is 0 Å². The number of pyridine rings is 1. The molecule has 0 saturated carbocycles. The number of halogens is 5. The van der Waals surface area contributed by atoms with Crippen LogP contribution in [0.25, 0.3) is 11.3 Å². The SMILES string of the molecule is COC(=O)c1nc(-c2ccc(Cl)c(OC)c2F)cc(N)c1Cl.O=C(O)COc1ccc(Cl)cc1Cl. The average Bonchev–Trinajstić information content (AvgIpc) is 2.80. The van der Waals surface area contributed by atoms with E-state index in [-0.39, 0.29) is 38.4 Å². The summed E-state index contributed by atoms with van der Waals surface area (Å²) in [7, 11) is 2.46. The lowest BCUT2D eigenvalue weighted by molar-refractivity contribution is -0.139. The molecule has 3 rings (SSSR count). The van der Waals surface area contributed by atoms with Crippen molar-refractivity contribution in [3.8, 4) is 22.8 Å². The number of ether oxygens (including phenoxy) is 3. The maximum Gasteiger partial charge on any atom is 0.358 e. The fourth-order valence-corrected chi connectivity index (χ4v) is 3.43. The van der Waals surface area contributed by atoms with E-state index in [1.54, 1.807) is 6.07 Å². The van der Waals surface area contributed by atoms with Crippen LogP contribution in [-0.4, -0.2) is 42.9 Å². The Hall–Kier alpha value is -2.98. The zero-order chi connectivity index (χ0) is 26.3. The van der Waals surface area contributed by atoms with Crippen LogP contribution in [-0.2, 0) is 9.53 Å². The van der Waals surface area contributed by atoms with E-state index >= 15 is 0 Å². The number of benzene rings is 2. The number of carbonyl (C=O) groups is 2. The second-order valence-corrected chi connectivity index (χ2v) is 8.08. The first-order valence-corrected chi connectivity index (χ1v) is 10.9. The highest BCUT2D eigenvalue weighted by Crippen LogP contribution is 2.36. The molecule has 1 aromatic heterocycles. The minimum atomic E-state index is -1.05. The first kappa shape index (κ1) is 28.3. The largest absolute Gasteiger partial charge is 0.492 e. The van der Waals surface area contributed by atoms with Gasteiger partial charge in [-0.15, -0.1) is 0 Å². The van der Waals surface area contributed by atoms with Crippen LogP contribution in [0.1, 0.15) is 10.5 Å². The maximum atomic E-state index is 14.4. The Morgan fingerprint density at radius 2 is 1.74 bits per heavy atom. The van der Waals surface area contributed by atoms with Gasteiger partial charge in [0.15, 0.2) is 23.9 Å². The highest BCUT2D eigenvalue weighted by molar-refractivity contribution is 6.36. The summed E-state index contributed by atoms with van der Waals surface area (Å²) in [6.45, 7) is -0.415. The van der Waals surface area contributed by atoms with E-state index in [9.17, 15) is 14.0 Å². The molecule has 0 saturated heterocycles. The molecule has 0 aliphatic rings. The normalized spacial score (nSPS) is 10.1. The smallest absolute Gasteiger partial charge is 0.358 e. The predicted molar refractivity (Wildman–Crippen MR) is 132 cm³/mol. The van der Waals surface area contributed by atoms with E-state index in [0.29, 0.717) is 15.8 Å². The van der Waals surface area contributed by atoms with Gasteiger partial charge in [0.1, 0.15) is 5.75 Å². The van der Waals surface area contributed by atoms with E-state index in [1.807, 2.05) is 0 Å². The molecule has 0 amide bonds. The van der Waals surface area contributed by atoms with E-state index < -0.39 is 24.4 Å². The van der Waals surface area contributed by atoms with Gasteiger partial charge in [-0.1, -0.05) is 46.4 Å². The van der Waals surface area contributed by atoms with Crippen molar-refractivity contribution in [2.75, 3.05) is 26.6 Å². The highest BCUT2D eigenvalue weighted by atomic mass is 35.5. The monoisotopic (exact) mass is 564 g/mol. The number of nitrogens with zero attached hydrogens (tertiary/aromatic N) is 1. The minimum absolute atomic E-state index is 0.0584. The van der Waals surface area contributed by atoms with Gasteiger partial charge in [0.05, 0.1) is 40.7 Å². The van der Waals surface area contributed by atoms with Crippen molar-refractivity contribution in [3.63, 3.8) is 0 Å². The van der Waals surface area contributed by atoms with Gasteiger partial charge >= 0.3 is 11.9 Å². The summed E-state index contributed by atoms with van der Waals surface area (Å²) in [5.74, 6) is -2.37. The van der Waals surface area contributed by atoms with Crippen molar-refractivity contribution >= 4 is 64.0 Å². The van der Waals surface area contributed by atoms with Crippen molar-refractivity contribution in [1.29, 1.82) is 0 Å². The number of methoxy groups -OCH3 is 2. The molecule has 0 spiro atoms. The lowest BCUT2D eigenvalue weighted by atomic mass is 10.1. The van der Waals surface area contributed by atoms with Crippen molar-refractivity contribution in [3.05, 3.63) is 68.0 Å². The molecule has 1 heterocycles. The molecule has 0 unspecified atom stereocenters. The highest BCUT2D eigenvalue weighted by Gasteiger charge is 2.21. The number of aliphatic carboxylic acids is 1. The summed E-state index contributed by atoms with van der Waals surface area (Å²) < 4.78 is 28.8. The Kier molecular flexibility index (Phi) is 10.2. The summed E-state index contributed by atoms with van der Waals surface area (Å²) in [5, 5.41) is 9.16. The molecule has 0 fully saturated rings. The Bertz CT molecular complexity index is 1260. The molecule has 0 atom stereocenters. The Morgan fingerprint density at radius 1 is 1.06 bits per heavy atom. The van der Waals surface area contributed by atoms with Gasteiger partial charge in [0, 0.05) is 10.6 Å². The molecule has 0 radical (unpaired) electrons. The van der Waals surface area contributed by atoms with Crippen molar-refractivity contribution < 1.29 is 33.3 Å². The first-order chi connectivity index (χ1) is 16.5. The van der Waals surface area contributed by atoms with E-state index in [0.717, 1.165) is 0 Å². The quantitative estimate of drug-likeness (QED) is 0.347. The lowest BCUT2D eigenvalue weighted by Gasteiger charge is -2.11. The number of rotatable bonds is 6. The number of aromatic nitrogens is 1. The number of hydrogen-bond donors (Lipinski definition) is 2. The number of nitrogen functional groups attached to an aromatic ring is 1. The number of hydrogen-bond acceptors (Lipinski definition) is 7. The number of esters is 1. The molecule has 2 aromatic carbocycles. The number of carboxylic acid groups (broad SMARTS) is 1. The van der Waals surface area contributed by atoms with Crippen LogP contribution in [0.3, 0.4) is 0 Å². The fraction of sp³-hybridized carbons (Fsp3) is 0.136. The van der Waals surface area contributed by atoms with Crippen LogP contribution in [0, 0.1) is 5.82 Å². The van der Waals surface area contributed by atoms with E-state index in [4.69, 9.17) is 66.7 Å². The maximum absolute atomic E-state index is 14.4. The van der Waals surface area contributed by atoms with E-state index in [1.165, 1.54) is 44.6 Å². The van der Waals surface area contributed by atoms with Crippen molar-refractivity contribution in [2.24, 2.45) is 0 Å². The van der Waals surface area contributed by atoms with Crippen LogP contribution in [0.2, 0.25) is 20.1 Å². The van der Waals surface area contributed by atoms with Gasteiger partial charge in [-0.25, -0.2) is 19.0 Å². The average molecular weight is 566 g/mol. The summed E-state index contributed by atoms with van der Waals surface area (Å²) in [6.07, 6.45) is 0. The molecule has 0 bridgehead atoms. The molecule has 8 nitrogen and oxygen atoms in total. The molecule has 13 heteroatoms. The van der Waals surface area contributed by atoms with Crippen molar-refractivity contribution in [2.45, 2.75) is 0 Å². The number of carboxylic acids is 1. The zero-order valence-corrected chi connectivity index (χ0v) is 21.1. The standard InChI is InChI=1S/C14H11Cl2FN2O3.C8H6Cl2O3/c1-21-13-7(15)4-3-6(11(13)17)9-5-8(18)10(16)12(19-9)14(20)22-2;9-5-1-2-7(6(10)3-5)13-4-8(11)12/h3-5H,1-2H3,(H2,18,19);1-3H,4H2,(H,11,12).